The lowest BCUT2D eigenvalue weighted by Gasteiger charge is -2.10. The number of halogens is 5. The average molecular weight is 507 g/mol. The van der Waals surface area contributed by atoms with Crippen molar-refractivity contribution >= 4 is 12.2 Å². The zero-order valence-electron chi connectivity index (χ0n) is 20.5. The molecule has 0 bridgehead atoms. The lowest BCUT2D eigenvalue weighted by Crippen LogP contribution is -1.94. The fourth-order valence-electron chi connectivity index (χ4n) is 4.23. The predicted octanol–water partition coefficient (Wildman–Crippen LogP) is 9.95. The van der Waals surface area contributed by atoms with Crippen LogP contribution in [0.3, 0.4) is 0 Å². The maximum absolute atomic E-state index is 15.0. The fourth-order valence-corrected chi connectivity index (χ4v) is 4.23. The fraction of sp³-hybridized carbons (Fsp3) is 0.188. The molecule has 0 radical (unpaired) electrons. The molecule has 4 rings (SSSR count). The highest BCUT2D eigenvalue weighted by Crippen LogP contribution is 2.31. The molecule has 5 heteroatoms. The third-order valence-electron chi connectivity index (χ3n) is 6.38. The summed E-state index contributed by atoms with van der Waals surface area (Å²) in [6.45, 7) is 1.22. The number of aryl methyl sites for hydroxylation is 1. The van der Waals surface area contributed by atoms with Gasteiger partial charge in [-0.25, -0.2) is 22.0 Å². The molecule has 0 fully saturated rings. The smallest absolute Gasteiger partial charge is 0.133 e. The summed E-state index contributed by atoms with van der Waals surface area (Å²) in [7, 11) is 0. The Morgan fingerprint density at radius 1 is 0.622 bits per heavy atom. The van der Waals surface area contributed by atoms with Crippen LogP contribution in [-0.2, 0) is 13.1 Å². The molecule has 0 amide bonds. The molecule has 190 valence electrons. The highest BCUT2D eigenvalue weighted by atomic mass is 19.1. The Morgan fingerprint density at radius 2 is 1.30 bits per heavy atom. The average Bonchev–Trinajstić information content (AvgIpc) is 2.88. The van der Waals surface area contributed by atoms with Gasteiger partial charge in [0, 0.05) is 16.7 Å². The summed E-state index contributed by atoms with van der Waals surface area (Å²) in [6, 6.07) is 18.5. The third kappa shape index (κ3) is 6.34. The molecular formula is C32H27F5. The van der Waals surface area contributed by atoms with E-state index in [0.29, 0.717) is 11.1 Å². The van der Waals surface area contributed by atoms with Crippen molar-refractivity contribution in [2.24, 2.45) is 0 Å². The summed E-state index contributed by atoms with van der Waals surface area (Å²) in [4.78, 5) is 0. The van der Waals surface area contributed by atoms with Gasteiger partial charge in [0.1, 0.15) is 29.9 Å². The lowest BCUT2D eigenvalue weighted by molar-refractivity contribution is 0.464. The van der Waals surface area contributed by atoms with Crippen molar-refractivity contribution in [1.29, 1.82) is 0 Å². The largest absolute Gasteiger partial charge is 0.246 e. The van der Waals surface area contributed by atoms with E-state index < -0.39 is 29.9 Å². The zero-order valence-corrected chi connectivity index (χ0v) is 20.5. The van der Waals surface area contributed by atoms with Crippen LogP contribution in [-0.4, -0.2) is 0 Å². The molecule has 0 aliphatic carbocycles. The van der Waals surface area contributed by atoms with Crippen molar-refractivity contribution in [3.63, 3.8) is 0 Å². The molecule has 0 heterocycles. The van der Waals surface area contributed by atoms with E-state index in [-0.39, 0.29) is 22.3 Å². The van der Waals surface area contributed by atoms with Crippen LogP contribution < -0.4 is 0 Å². The van der Waals surface area contributed by atoms with Gasteiger partial charge in [-0.2, -0.15) is 0 Å². The summed E-state index contributed by atoms with van der Waals surface area (Å²) >= 11 is 0. The van der Waals surface area contributed by atoms with Crippen LogP contribution >= 0.6 is 0 Å². The lowest BCUT2D eigenvalue weighted by atomic mass is 9.97. The molecule has 0 nitrogen and oxygen atoms in total. The van der Waals surface area contributed by atoms with Crippen molar-refractivity contribution in [3.8, 4) is 22.3 Å². The zero-order chi connectivity index (χ0) is 26.4. The van der Waals surface area contributed by atoms with Gasteiger partial charge in [0.05, 0.1) is 0 Å². The standard InChI is InChI=1S/C32H27F5/c1-2-3-4-5-21-6-10-23(11-7-21)24-13-15-27(30(35)17-24)26-18-31(36)28(32(37)19-26)14-9-22-8-12-25(20-33)29(34)16-22/h6-19H,2-5,20H2,1H3/b14-9+. The van der Waals surface area contributed by atoms with E-state index in [2.05, 4.69) is 6.92 Å². The quantitative estimate of drug-likeness (QED) is 0.120. The minimum atomic E-state index is -0.941. The van der Waals surface area contributed by atoms with Gasteiger partial charge < -0.3 is 0 Å². The van der Waals surface area contributed by atoms with Crippen LogP contribution in [0.4, 0.5) is 22.0 Å². The summed E-state index contributed by atoms with van der Waals surface area (Å²) in [5.41, 5.74) is 2.81. The van der Waals surface area contributed by atoms with Crippen LogP contribution in [0.5, 0.6) is 0 Å². The Balaban J connectivity index is 1.54. The molecule has 0 saturated heterocycles. The number of hydrogen-bond acceptors (Lipinski definition) is 0. The van der Waals surface area contributed by atoms with Gasteiger partial charge in [-0.1, -0.05) is 74.4 Å². The Kier molecular flexibility index (Phi) is 8.54. The highest BCUT2D eigenvalue weighted by molar-refractivity contribution is 5.75. The maximum Gasteiger partial charge on any atom is 0.133 e. The molecule has 4 aromatic carbocycles. The van der Waals surface area contributed by atoms with E-state index in [0.717, 1.165) is 43.0 Å². The Hall–Kier alpha value is -3.73. The summed E-state index contributed by atoms with van der Waals surface area (Å²) in [6.07, 6.45) is 6.98. The summed E-state index contributed by atoms with van der Waals surface area (Å²) < 4.78 is 71.0. The molecule has 0 aliphatic heterocycles. The molecule has 0 atom stereocenters. The maximum atomic E-state index is 15.0. The Bertz CT molecular complexity index is 1380. The second kappa shape index (κ2) is 12.0. The van der Waals surface area contributed by atoms with Crippen molar-refractivity contribution in [2.45, 2.75) is 39.3 Å². The first kappa shape index (κ1) is 26.3. The number of hydrogen-bond donors (Lipinski definition) is 0. The molecule has 4 aromatic rings. The normalized spacial score (nSPS) is 11.4. The molecule has 0 spiro atoms. The van der Waals surface area contributed by atoms with Crippen molar-refractivity contribution in [2.75, 3.05) is 0 Å². The van der Waals surface area contributed by atoms with E-state index in [1.165, 1.54) is 48.4 Å². The van der Waals surface area contributed by atoms with Crippen LogP contribution in [0.15, 0.2) is 72.8 Å². The molecule has 37 heavy (non-hydrogen) atoms. The van der Waals surface area contributed by atoms with Crippen molar-refractivity contribution in [1.82, 2.24) is 0 Å². The molecule has 0 aromatic heterocycles. The van der Waals surface area contributed by atoms with E-state index in [1.807, 2.05) is 24.3 Å². The van der Waals surface area contributed by atoms with E-state index in [4.69, 9.17) is 0 Å². The van der Waals surface area contributed by atoms with Gasteiger partial charge in [-0.3, -0.25) is 0 Å². The Labute approximate surface area is 214 Å². The molecule has 0 saturated carbocycles. The van der Waals surface area contributed by atoms with E-state index >= 15 is 4.39 Å². The first-order chi connectivity index (χ1) is 17.9. The number of rotatable bonds is 9. The van der Waals surface area contributed by atoms with Gasteiger partial charge in [0.15, 0.2) is 0 Å². The van der Waals surface area contributed by atoms with Crippen LogP contribution in [0.25, 0.3) is 34.4 Å². The van der Waals surface area contributed by atoms with Gasteiger partial charge in [0.25, 0.3) is 0 Å². The number of unbranched alkanes of at least 4 members (excludes halogenated alkanes) is 2. The first-order valence-electron chi connectivity index (χ1n) is 12.3. The topological polar surface area (TPSA) is 0 Å². The van der Waals surface area contributed by atoms with Crippen LogP contribution in [0.2, 0.25) is 0 Å². The van der Waals surface area contributed by atoms with Gasteiger partial charge in [-0.15, -0.1) is 0 Å². The van der Waals surface area contributed by atoms with Crippen LogP contribution in [0, 0.1) is 23.3 Å². The molecular weight excluding hydrogens is 479 g/mol. The van der Waals surface area contributed by atoms with E-state index in [9.17, 15) is 17.6 Å². The van der Waals surface area contributed by atoms with E-state index in [1.54, 1.807) is 6.07 Å². The Morgan fingerprint density at radius 3 is 1.92 bits per heavy atom. The SMILES string of the molecule is CCCCCc1ccc(-c2ccc(-c3cc(F)c(/C=C/c4ccc(CF)c(F)c4)c(F)c3)c(F)c2)cc1. The first-order valence-corrected chi connectivity index (χ1v) is 12.3. The highest BCUT2D eigenvalue weighted by Gasteiger charge is 2.14. The van der Waals surface area contributed by atoms with Crippen molar-refractivity contribution in [3.05, 3.63) is 118 Å². The van der Waals surface area contributed by atoms with Crippen molar-refractivity contribution < 1.29 is 22.0 Å². The van der Waals surface area contributed by atoms with Gasteiger partial charge >= 0.3 is 0 Å². The third-order valence-corrected chi connectivity index (χ3v) is 6.38. The predicted molar refractivity (Wildman–Crippen MR) is 141 cm³/mol. The molecule has 0 aliphatic rings. The van der Waals surface area contributed by atoms with Crippen LogP contribution in [0.1, 0.15) is 48.4 Å². The van der Waals surface area contributed by atoms with Gasteiger partial charge in [0.2, 0.25) is 0 Å². The monoisotopic (exact) mass is 506 g/mol. The molecule has 0 unspecified atom stereocenters. The van der Waals surface area contributed by atoms with Gasteiger partial charge in [-0.05, 0) is 71.0 Å². The number of benzene rings is 4. The second-order valence-electron chi connectivity index (χ2n) is 9.02. The minimum absolute atomic E-state index is 0.0702. The summed E-state index contributed by atoms with van der Waals surface area (Å²) in [5, 5.41) is 0. The minimum Gasteiger partial charge on any atom is -0.246 e. The summed E-state index contributed by atoms with van der Waals surface area (Å²) in [5.74, 6) is -3.08. The second-order valence-corrected chi connectivity index (χ2v) is 9.02. The number of alkyl halides is 1. The molecule has 0 N–H and O–H groups in total.